The van der Waals surface area contributed by atoms with E-state index in [0.29, 0.717) is 6.04 Å². The van der Waals surface area contributed by atoms with Crippen LogP contribution in [0, 0.1) is 11.3 Å². The minimum atomic E-state index is -0.363. The first kappa shape index (κ1) is 14.5. The molecule has 3 nitrogen and oxygen atoms in total. The van der Waals surface area contributed by atoms with E-state index < -0.39 is 0 Å². The van der Waals surface area contributed by atoms with Crippen molar-refractivity contribution in [3.8, 4) is 0 Å². The molecule has 3 atom stereocenters. The molecule has 0 aromatic rings. The first-order valence-corrected chi connectivity index (χ1v) is 6.94. The number of carbonyl (C=O) groups excluding carboxylic acids is 1. The number of rotatable bonds is 4. The average Bonchev–Trinajstić information content (AvgIpc) is 2.29. The number of carbonyl (C=O) groups is 1. The van der Waals surface area contributed by atoms with Crippen LogP contribution in [0.2, 0.25) is 0 Å². The fraction of sp³-hybridized carbons (Fsp3) is 0.929. The van der Waals surface area contributed by atoms with Crippen LogP contribution in [-0.2, 0) is 4.79 Å². The van der Waals surface area contributed by atoms with E-state index in [9.17, 15) is 4.79 Å². The zero-order valence-corrected chi connectivity index (χ0v) is 11.8. The van der Waals surface area contributed by atoms with Gasteiger partial charge in [-0.15, -0.1) is 0 Å². The Bertz CT molecular complexity index is 263. The number of hydrogen-bond acceptors (Lipinski definition) is 2. The molecule has 1 rings (SSSR count). The largest absolute Gasteiger partial charge is 0.351 e. The maximum atomic E-state index is 12.1. The second-order valence-electron chi connectivity index (χ2n) is 6.21. The Hall–Kier alpha value is -0.570. The van der Waals surface area contributed by atoms with E-state index in [1.54, 1.807) is 0 Å². The summed E-state index contributed by atoms with van der Waals surface area (Å²) < 4.78 is 0. The van der Waals surface area contributed by atoms with Gasteiger partial charge in [-0.3, -0.25) is 4.79 Å². The molecular weight excluding hydrogens is 212 g/mol. The highest BCUT2D eigenvalue weighted by Crippen LogP contribution is 2.35. The molecule has 1 fully saturated rings. The minimum Gasteiger partial charge on any atom is -0.351 e. The Morgan fingerprint density at radius 3 is 2.65 bits per heavy atom. The summed E-state index contributed by atoms with van der Waals surface area (Å²) in [7, 11) is 0. The highest BCUT2D eigenvalue weighted by Gasteiger charge is 2.34. The monoisotopic (exact) mass is 240 g/mol. The summed E-state index contributed by atoms with van der Waals surface area (Å²) in [5, 5.41) is 3.16. The Balaban J connectivity index is 2.55. The van der Waals surface area contributed by atoms with Crippen LogP contribution in [0.1, 0.15) is 59.8 Å². The molecule has 3 heteroatoms. The summed E-state index contributed by atoms with van der Waals surface area (Å²) >= 11 is 0. The van der Waals surface area contributed by atoms with Crippen molar-refractivity contribution in [3.05, 3.63) is 0 Å². The molecule has 0 aliphatic heterocycles. The van der Waals surface area contributed by atoms with E-state index in [1.807, 2.05) is 6.92 Å². The Kier molecular flexibility index (Phi) is 4.99. The van der Waals surface area contributed by atoms with Crippen LogP contribution >= 0.6 is 0 Å². The zero-order chi connectivity index (χ0) is 13.1. The molecule has 17 heavy (non-hydrogen) atoms. The smallest absolute Gasteiger partial charge is 0.237 e. The highest BCUT2D eigenvalue weighted by molar-refractivity contribution is 5.82. The van der Waals surface area contributed by atoms with Crippen LogP contribution in [0.25, 0.3) is 0 Å². The predicted molar refractivity (Wildman–Crippen MR) is 71.6 cm³/mol. The standard InChI is InChI=1S/C14H28N2O/c1-5-10(2)12(15)13(17)16-11-8-6-7-9-14(11,3)4/h10-12H,5-9,15H2,1-4H3,(H,16,17). The molecule has 0 saturated heterocycles. The summed E-state index contributed by atoms with van der Waals surface area (Å²) in [6.45, 7) is 8.59. The third kappa shape index (κ3) is 3.70. The topological polar surface area (TPSA) is 55.1 Å². The maximum Gasteiger partial charge on any atom is 0.237 e. The van der Waals surface area contributed by atoms with Crippen molar-refractivity contribution in [2.24, 2.45) is 17.1 Å². The van der Waals surface area contributed by atoms with Crippen LogP contribution in [0.4, 0.5) is 0 Å². The molecule has 0 spiro atoms. The van der Waals surface area contributed by atoms with Crippen LogP contribution < -0.4 is 11.1 Å². The second-order valence-corrected chi connectivity index (χ2v) is 6.21. The third-order valence-electron chi connectivity index (χ3n) is 4.38. The van der Waals surface area contributed by atoms with Gasteiger partial charge in [0, 0.05) is 6.04 Å². The molecule has 3 N–H and O–H groups in total. The van der Waals surface area contributed by atoms with Crippen LogP contribution in [-0.4, -0.2) is 18.0 Å². The van der Waals surface area contributed by atoms with Crippen molar-refractivity contribution in [1.82, 2.24) is 5.32 Å². The molecule has 0 aromatic heterocycles. The predicted octanol–water partition coefficient (Wildman–Crippen LogP) is 2.44. The van der Waals surface area contributed by atoms with Gasteiger partial charge in [0.25, 0.3) is 0 Å². The van der Waals surface area contributed by atoms with Gasteiger partial charge in [0.2, 0.25) is 5.91 Å². The number of amides is 1. The van der Waals surface area contributed by atoms with Gasteiger partial charge in [-0.05, 0) is 24.2 Å². The van der Waals surface area contributed by atoms with Gasteiger partial charge in [0.1, 0.15) is 0 Å². The zero-order valence-electron chi connectivity index (χ0n) is 11.8. The Labute approximate surface area is 106 Å². The lowest BCUT2D eigenvalue weighted by Crippen LogP contribution is -2.53. The van der Waals surface area contributed by atoms with Crippen molar-refractivity contribution in [2.75, 3.05) is 0 Å². The first-order valence-electron chi connectivity index (χ1n) is 6.94. The van der Waals surface area contributed by atoms with Crippen LogP contribution in [0.3, 0.4) is 0 Å². The van der Waals surface area contributed by atoms with Crippen LogP contribution in [0.15, 0.2) is 0 Å². The normalized spacial score (nSPS) is 27.2. The summed E-state index contributed by atoms with van der Waals surface area (Å²) in [6, 6.07) is -0.0726. The van der Waals surface area contributed by atoms with Gasteiger partial charge in [-0.25, -0.2) is 0 Å². The molecule has 100 valence electrons. The third-order valence-corrected chi connectivity index (χ3v) is 4.38. The molecule has 1 aliphatic carbocycles. The summed E-state index contributed by atoms with van der Waals surface area (Å²) in [5.41, 5.74) is 6.18. The fourth-order valence-corrected chi connectivity index (χ4v) is 2.54. The molecule has 1 aliphatic rings. The van der Waals surface area contributed by atoms with E-state index in [4.69, 9.17) is 5.73 Å². The Morgan fingerprint density at radius 1 is 1.47 bits per heavy atom. The number of nitrogens with one attached hydrogen (secondary N) is 1. The van der Waals surface area contributed by atoms with Crippen molar-refractivity contribution >= 4 is 5.91 Å². The lowest BCUT2D eigenvalue weighted by molar-refractivity contribution is -0.125. The summed E-state index contributed by atoms with van der Waals surface area (Å²) in [5.74, 6) is 0.279. The van der Waals surface area contributed by atoms with Gasteiger partial charge < -0.3 is 11.1 Å². The van der Waals surface area contributed by atoms with Gasteiger partial charge in [-0.2, -0.15) is 0 Å². The van der Waals surface area contributed by atoms with Crippen LogP contribution in [0.5, 0.6) is 0 Å². The average molecular weight is 240 g/mol. The summed E-state index contributed by atoms with van der Waals surface area (Å²) in [4.78, 5) is 12.1. The molecule has 0 radical (unpaired) electrons. The van der Waals surface area contributed by atoms with E-state index >= 15 is 0 Å². The van der Waals surface area contributed by atoms with Crippen molar-refractivity contribution in [2.45, 2.75) is 71.9 Å². The summed E-state index contributed by atoms with van der Waals surface area (Å²) in [6.07, 6.45) is 5.72. The van der Waals surface area contributed by atoms with Gasteiger partial charge in [-0.1, -0.05) is 47.0 Å². The molecule has 0 heterocycles. The maximum absolute atomic E-state index is 12.1. The SMILES string of the molecule is CCC(C)C(N)C(=O)NC1CCCCC1(C)C. The van der Waals surface area contributed by atoms with E-state index in [1.165, 1.54) is 19.3 Å². The molecule has 1 saturated carbocycles. The van der Waals surface area contributed by atoms with Crippen molar-refractivity contribution in [3.63, 3.8) is 0 Å². The number of hydrogen-bond donors (Lipinski definition) is 2. The van der Waals surface area contributed by atoms with Gasteiger partial charge in [0.05, 0.1) is 6.04 Å². The molecule has 0 aromatic carbocycles. The van der Waals surface area contributed by atoms with E-state index in [0.717, 1.165) is 12.8 Å². The first-order chi connectivity index (χ1) is 7.88. The van der Waals surface area contributed by atoms with E-state index in [-0.39, 0.29) is 23.3 Å². The molecular formula is C14H28N2O. The van der Waals surface area contributed by atoms with Gasteiger partial charge >= 0.3 is 0 Å². The number of nitrogens with two attached hydrogens (primary N) is 1. The fourth-order valence-electron chi connectivity index (χ4n) is 2.54. The van der Waals surface area contributed by atoms with Gasteiger partial charge in [0.15, 0.2) is 0 Å². The Morgan fingerprint density at radius 2 is 2.12 bits per heavy atom. The molecule has 1 amide bonds. The lowest BCUT2D eigenvalue weighted by atomic mass is 9.73. The highest BCUT2D eigenvalue weighted by atomic mass is 16.2. The minimum absolute atomic E-state index is 0.0272. The molecule has 0 bridgehead atoms. The van der Waals surface area contributed by atoms with Crippen molar-refractivity contribution < 1.29 is 4.79 Å². The molecule has 3 unspecified atom stereocenters. The lowest BCUT2D eigenvalue weighted by Gasteiger charge is -2.39. The second kappa shape index (κ2) is 5.85. The quantitative estimate of drug-likeness (QED) is 0.793. The van der Waals surface area contributed by atoms with E-state index in [2.05, 4.69) is 26.1 Å². The van der Waals surface area contributed by atoms with Crippen molar-refractivity contribution in [1.29, 1.82) is 0 Å².